The Bertz CT molecular complexity index is 1100. The monoisotopic (exact) mass is 525 g/mol. The van der Waals surface area contributed by atoms with Crippen LogP contribution in [0.5, 0.6) is 0 Å². The topological polar surface area (TPSA) is 55.7 Å². The molecule has 1 heterocycles. The molecule has 3 atom stereocenters. The fraction of sp³-hybridized carbons (Fsp3) is 0.370. The van der Waals surface area contributed by atoms with E-state index >= 15 is 0 Å². The number of nitrogens with zero attached hydrogens (tertiary/aromatic N) is 1. The van der Waals surface area contributed by atoms with Crippen molar-refractivity contribution in [1.29, 1.82) is 0 Å². The SMILES string of the molecule is CCSCCOC(=O)C1C(C)=NC2=C(C(=O)C[C@H](c3ccccc3)C2)[C@@H]1c1cccc(Br)c1. The molecule has 1 aliphatic carbocycles. The standard InChI is InChI=1S/C27H28BrNO3S/c1-3-33-13-12-32-27(31)24-17(2)29-22-15-20(18-8-5-4-6-9-18)16-23(30)26(22)25(24)19-10-7-11-21(28)14-19/h4-11,14,20,24-25H,3,12-13,15-16H2,1-2H3/t20-,24?,25-/m1/s1. The van der Waals surface area contributed by atoms with Gasteiger partial charge < -0.3 is 4.74 Å². The number of esters is 1. The number of hydrogen-bond acceptors (Lipinski definition) is 5. The molecule has 4 nitrogen and oxygen atoms in total. The fourth-order valence-corrected chi connectivity index (χ4v) is 5.73. The molecule has 1 aliphatic heterocycles. The number of aliphatic imine (C=N–C) groups is 1. The largest absolute Gasteiger partial charge is 0.464 e. The molecule has 0 bridgehead atoms. The van der Waals surface area contributed by atoms with Crippen molar-refractivity contribution in [1.82, 2.24) is 0 Å². The Morgan fingerprint density at radius 2 is 1.88 bits per heavy atom. The van der Waals surface area contributed by atoms with Crippen molar-refractivity contribution < 1.29 is 14.3 Å². The highest BCUT2D eigenvalue weighted by molar-refractivity contribution is 9.10. The van der Waals surface area contributed by atoms with E-state index in [1.54, 1.807) is 11.8 Å². The van der Waals surface area contributed by atoms with Gasteiger partial charge in [-0.3, -0.25) is 14.6 Å². The Morgan fingerprint density at radius 3 is 2.61 bits per heavy atom. The van der Waals surface area contributed by atoms with Gasteiger partial charge in [0, 0.05) is 39.5 Å². The molecule has 33 heavy (non-hydrogen) atoms. The number of Topliss-reactive ketones (excluding diaryl/α,β-unsaturated/α-hetero) is 1. The summed E-state index contributed by atoms with van der Waals surface area (Å²) in [5.41, 5.74) is 4.29. The van der Waals surface area contributed by atoms with Crippen LogP contribution in [-0.4, -0.2) is 35.6 Å². The summed E-state index contributed by atoms with van der Waals surface area (Å²) >= 11 is 5.29. The van der Waals surface area contributed by atoms with Crippen molar-refractivity contribution in [3.63, 3.8) is 0 Å². The first-order valence-electron chi connectivity index (χ1n) is 11.4. The maximum atomic E-state index is 13.6. The number of allylic oxidation sites excluding steroid dienone is 2. The Morgan fingerprint density at radius 1 is 1.12 bits per heavy atom. The smallest absolute Gasteiger partial charge is 0.315 e. The second kappa shape index (κ2) is 10.8. The first-order valence-corrected chi connectivity index (χ1v) is 13.3. The molecule has 2 aromatic carbocycles. The number of halogens is 1. The second-order valence-electron chi connectivity index (χ2n) is 8.43. The number of carbonyl (C=O) groups is 2. The molecular weight excluding hydrogens is 498 g/mol. The zero-order valence-corrected chi connectivity index (χ0v) is 21.3. The number of hydrogen-bond donors (Lipinski definition) is 0. The molecule has 0 fully saturated rings. The van der Waals surface area contributed by atoms with Crippen LogP contribution >= 0.6 is 27.7 Å². The highest BCUT2D eigenvalue weighted by Gasteiger charge is 2.44. The van der Waals surface area contributed by atoms with E-state index in [1.807, 2.05) is 49.4 Å². The van der Waals surface area contributed by atoms with Crippen LogP contribution < -0.4 is 0 Å². The van der Waals surface area contributed by atoms with Gasteiger partial charge in [0.25, 0.3) is 0 Å². The number of carbonyl (C=O) groups excluding carboxylic acids is 2. The van der Waals surface area contributed by atoms with Gasteiger partial charge in [0.15, 0.2) is 5.78 Å². The lowest BCUT2D eigenvalue weighted by Crippen LogP contribution is -2.38. The van der Waals surface area contributed by atoms with E-state index in [-0.39, 0.29) is 23.6 Å². The lowest BCUT2D eigenvalue weighted by molar-refractivity contribution is -0.145. The van der Waals surface area contributed by atoms with E-state index in [0.29, 0.717) is 30.7 Å². The quantitative estimate of drug-likeness (QED) is 0.313. The van der Waals surface area contributed by atoms with Crippen LogP contribution in [-0.2, 0) is 14.3 Å². The van der Waals surface area contributed by atoms with Gasteiger partial charge in [0.05, 0.1) is 0 Å². The van der Waals surface area contributed by atoms with Crippen molar-refractivity contribution in [2.24, 2.45) is 10.9 Å². The molecule has 0 saturated carbocycles. The summed E-state index contributed by atoms with van der Waals surface area (Å²) in [7, 11) is 0. The summed E-state index contributed by atoms with van der Waals surface area (Å²) in [6.07, 6.45) is 1.12. The minimum absolute atomic E-state index is 0.0747. The molecule has 2 aromatic rings. The lowest BCUT2D eigenvalue weighted by atomic mass is 9.69. The van der Waals surface area contributed by atoms with Crippen LogP contribution in [0, 0.1) is 5.92 Å². The summed E-state index contributed by atoms with van der Waals surface area (Å²) in [5.74, 6) is 0.640. The van der Waals surface area contributed by atoms with Crippen LogP contribution in [0.25, 0.3) is 0 Å². The Hall–Kier alpha value is -2.18. The summed E-state index contributed by atoms with van der Waals surface area (Å²) in [6.45, 7) is 4.33. The third-order valence-corrected chi connectivity index (χ3v) is 7.65. The first kappa shape index (κ1) is 24.0. The van der Waals surface area contributed by atoms with Gasteiger partial charge >= 0.3 is 5.97 Å². The Labute approximate surface area is 208 Å². The van der Waals surface area contributed by atoms with E-state index in [4.69, 9.17) is 9.73 Å². The molecule has 0 spiro atoms. The summed E-state index contributed by atoms with van der Waals surface area (Å²) in [5, 5.41) is 0. The van der Waals surface area contributed by atoms with E-state index in [1.165, 1.54) is 0 Å². The summed E-state index contributed by atoms with van der Waals surface area (Å²) in [6, 6.07) is 18.0. The summed E-state index contributed by atoms with van der Waals surface area (Å²) < 4.78 is 6.57. The predicted octanol–water partition coefficient (Wildman–Crippen LogP) is 6.32. The summed E-state index contributed by atoms with van der Waals surface area (Å²) in [4.78, 5) is 31.6. The highest BCUT2D eigenvalue weighted by atomic mass is 79.9. The lowest BCUT2D eigenvalue weighted by Gasteiger charge is -2.36. The second-order valence-corrected chi connectivity index (χ2v) is 10.7. The van der Waals surface area contributed by atoms with Gasteiger partial charge in [-0.1, -0.05) is 65.3 Å². The van der Waals surface area contributed by atoms with E-state index < -0.39 is 5.92 Å². The Kier molecular flexibility index (Phi) is 7.86. The highest BCUT2D eigenvalue weighted by Crippen LogP contribution is 2.47. The van der Waals surface area contributed by atoms with Gasteiger partial charge in [-0.2, -0.15) is 11.8 Å². The number of rotatable bonds is 7. The maximum Gasteiger partial charge on any atom is 0.315 e. The van der Waals surface area contributed by atoms with Crippen molar-refractivity contribution in [3.8, 4) is 0 Å². The van der Waals surface area contributed by atoms with Crippen LogP contribution in [0.2, 0.25) is 0 Å². The third kappa shape index (κ3) is 5.33. The zero-order chi connectivity index (χ0) is 23.4. The van der Waals surface area contributed by atoms with Gasteiger partial charge in [0.1, 0.15) is 12.5 Å². The minimum Gasteiger partial charge on any atom is -0.464 e. The number of thioether (sulfide) groups is 1. The Balaban J connectivity index is 1.71. The van der Waals surface area contributed by atoms with E-state index in [2.05, 4.69) is 35.0 Å². The number of benzene rings is 2. The molecule has 0 radical (unpaired) electrons. The van der Waals surface area contributed by atoms with Crippen LogP contribution in [0.1, 0.15) is 49.7 Å². The van der Waals surface area contributed by atoms with Crippen LogP contribution in [0.15, 0.2) is 75.3 Å². The third-order valence-electron chi connectivity index (χ3n) is 6.30. The average molecular weight is 526 g/mol. The molecule has 0 N–H and O–H groups in total. The molecule has 4 rings (SSSR count). The molecule has 2 aliphatic rings. The van der Waals surface area contributed by atoms with Gasteiger partial charge in [-0.25, -0.2) is 0 Å². The molecule has 0 saturated heterocycles. The van der Waals surface area contributed by atoms with Crippen LogP contribution in [0.3, 0.4) is 0 Å². The number of ketones is 1. The van der Waals surface area contributed by atoms with Crippen LogP contribution in [0.4, 0.5) is 0 Å². The van der Waals surface area contributed by atoms with E-state index in [9.17, 15) is 9.59 Å². The maximum absolute atomic E-state index is 13.6. The van der Waals surface area contributed by atoms with Crippen molar-refractivity contribution in [3.05, 3.63) is 81.5 Å². The molecule has 0 aromatic heterocycles. The first-order chi connectivity index (χ1) is 16.0. The molecule has 6 heteroatoms. The van der Waals surface area contributed by atoms with Gasteiger partial charge in [0.2, 0.25) is 0 Å². The van der Waals surface area contributed by atoms with Crippen molar-refractivity contribution in [2.45, 2.75) is 38.5 Å². The average Bonchev–Trinajstić information content (AvgIpc) is 2.81. The molecule has 1 unspecified atom stereocenters. The van der Waals surface area contributed by atoms with Gasteiger partial charge in [-0.05, 0) is 48.3 Å². The number of ether oxygens (including phenoxy) is 1. The normalized spacial score (nSPS) is 22.6. The fourth-order valence-electron chi connectivity index (χ4n) is 4.82. The zero-order valence-electron chi connectivity index (χ0n) is 18.9. The minimum atomic E-state index is -0.595. The molecular formula is C27H28BrNO3S. The van der Waals surface area contributed by atoms with E-state index in [0.717, 1.165) is 32.8 Å². The molecule has 0 amide bonds. The predicted molar refractivity (Wildman–Crippen MR) is 138 cm³/mol. The van der Waals surface area contributed by atoms with Crippen molar-refractivity contribution >= 4 is 45.2 Å². The van der Waals surface area contributed by atoms with Gasteiger partial charge in [-0.15, -0.1) is 0 Å². The molecule has 172 valence electrons. The van der Waals surface area contributed by atoms with Crippen molar-refractivity contribution in [2.75, 3.05) is 18.1 Å².